The lowest BCUT2D eigenvalue weighted by molar-refractivity contribution is -0.394. The Balaban J connectivity index is 2.32. The zero-order valence-corrected chi connectivity index (χ0v) is 12.8. The van der Waals surface area contributed by atoms with Gasteiger partial charge in [-0.3, -0.25) is 25.0 Å². The molecule has 2 aromatic carbocycles. The molecule has 0 heterocycles. The summed E-state index contributed by atoms with van der Waals surface area (Å²) in [6.07, 6.45) is 0.594. The number of hydrogen-bond acceptors (Lipinski definition) is 5. The van der Waals surface area contributed by atoms with Crippen molar-refractivity contribution >= 4 is 17.3 Å². The van der Waals surface area contributed by atoms with Crippen molar-refractivity contribution in [2.75, 3.05) is 0 Å². The highest BCUT2D eigenvalue weighted by molar-refractivity contribution is 5.98. The van der Waals surface area contributed by atoms with Gasteiger partial charge in [0.05, 0.1) is 22.0 Å². The fraction of sp³-hybridized carbons (Fsp3) is 0.188. The summed E-state index contributed by atoms with van der Waals surface area (Å²) in [6, 6.07) is 11.9. The number of nitrogens with one attached hydrogen (secondary N) is 1. The van der Waals surface area contributed by atoms with Crippen molar-refractivity contribution in [3.05, 3.63) is 79.9 Å². The van der Waals surface area contributed by atoms with Gasteiger partial charge in [0.15, 0.2) is 0 Å². The van der Waals surface area contributed by atoms with Crippen molar-refractivity contribution in [3.63, 3.8) is 0 Å². The van der Waals surface area contributed by atoms with Gasteiger partial charge >= 0.3 is 0 Å². The molecule has 0 saturated carbocycles. The summed E-state index contributed by atoms with van der Waals surface area (Å²) in [7, 11) is 0. The summed E-state index contributed by atoms with van der Waals surface area (Å²) in [5.74, 6) is -0.646. The SMILES string of the molecule is CC[C@H](NC(=O)c1ccc([N+](=O)[O-])cc1[N+](=O)[O-])c1ccccc1. The Kier molecular flexibility index (Phi) is 5.20. The second-order valence-electron chi connectivity index (χ2n) is 5.06. The van der Waals surface area contributed by atoms with E-state index in [-0.39, 0.29) is 11.6 Å². The number of hydrogen-bond donors (Lipinski definition) is 1. The van der Waals surface area contributed by atoms with Crippen LogP contribution in [0.1, 0.15) is 35.3 Å². The van der Waals surface area contributed by atoms with E-state index < -0.39 is 27.1 Å². The molecular weight excluding hydrogens is 314 g/mol. The molecule has 0 aromatic heterocycles. The van der Waals surface area contributed by atoms with Crippen molar-refractivity contribution in [2.45, 2.75) is 19.4 Å². The molecule has 0 unspecified atom stereocenters. The summed E-state index contributed by atoms with van der Waals surface area (Å²) in [5.41, 5.74) is -0.365. The van der Waals surface area contributed by atoms with Gasteiger partial charge in [-0.1, -0.05) is 37.3 Å². The zero-order chi connectivity index (χ0) is 17.7. The molecule has 0 aliphatic carbocycles. The van der Waals surface area contributed by atoms with Crippen LogP contribution < -0.4 is 5.32 Å². The van der Waals surface area contributed by atoms with Crippen molar-refractivity contribution in [3.8, 4) is 0 Å². The van der Waals surface area contributed by atoms with Crippen LogP contribution in [-0.4, -0.2) is 15.8 Å². The first kappa shape index (κ1) is 17.1. The Morgan fingerprint density at radius 1 is 1.08 bits per heavy atom. The number of amides is 1. The average Bonchev–Trinajstić information content (AvgIpc) is 2.59. The number of nitrogens with zero attached hydrogens (tertiary/aromatic N) is 2. The van der Waals surface area contributed by atoms with Crippen molar-refractivity contribution in [1.82, 2.24) is 5.32 Å². The van der Waals surface area contributed by atoms with Crippen molar-refractivity contribution in [1.29, 1.82) is 0 Å². The first-order valence-electron chi connectivity index (χ1n) is 7.22. The molecule has 0 fully saturated rings. The molecule has 0 aliphatic heterocycles. The second kappa shape index (κ2) is 7.32. The number of non-ortho nitro benzene ring substituents is 1. The fourth-order valence-electron chi connectivity index (χ4n) is 2.32. The first-order valence-corrected chi connectivity index (χ1v) is 7.22. The first-order chi connectivity index (χ1) is 11.4. The highest BCUT2D eigenvalue weighted by atomic mass is 16.6. The smallest absolute Gasteiger partial charge is 0.289 e. The largest absolute Gasteiger partial charge is 0.345 e. The van der Waals surface area contributed by atoms with Gasteiger partial charge in [-0.15, -0.1) is 0 Å². The molecule has 0 spiro atoms. The van der Waals surface area contributed by atoms with E-state index in [4.69, 9.17) is 0 Å². The van der Waals surface area contributed by atoms with Crippen LogP contribution in [-0.2, 0) is 0 Å². The van der Waals surface area contributed by atoms with Crippen LogP contribution >= 0.6 is 0 Å². The molecule has 0 aliphatic rings. The van der Waals surface area contributed by atoms with Gasteiger partial charge in [0.1, 0.15) is 5.56 Å². The Labute approximate surface area is 137 Å². The molecule has 0 radical (unpaired) electrons. The molecule has 2 rings (SSSR count). The highest BCUT2D eigenvalue weighted by Gasteiger charge is 2.25. The molecule has 124 valence electrons. The maximum atomic E-state index is 12.4. The standard InChI is InChI=1S/C16H15N3O5/c1-2-14(11-6-4-3-5-7-11)17-16(20)13-9-8-12(18(21)22)10-15(13)19(23)24/h3-10,14H,2H2,1H3,(H,17,20)/t14-/m0/s1. The molecule has 1 amide bonds. The van der Waals surface area contributed by atoms with E-state index in [1.54, 1.807) is 0 Å². The number of nitro groups is 2. The van der Waals surface area contributed by atoms with Gasteiger partial charge in [-0.05, 0) is 18.1 Å². The number of carbonyl (C=O) groups excluding carboxylic acids is 1. The van der Waals surface area contributed by atoms with Crippen LogP contribution in [0.2, 0.25) is 0 Å². The maximum Gasteiger partial charge on any atom is 0.289 e. The molecule has 2 aromatic rings. The van der Waals surface area contributed by atoms with E-state index in [1.165, 1.54) is 0 Å². The van der Waals surface area contributed by atoms with E-state index in [9.17, 15) is 25.0 Å². The van der Waals surface area contributed by atoms with Crippen molar-refractivity contribution < 1.29 is 14.6 Å². The van der Waals surface area contributed by atoms with E-state index >= 15 is 0 Å². The van der Waals surface area contributed by atoms with Gasteiger partial charge in [0.25, 0.3) is 17.3 Å². The third-order valence-corrected chi connectivity index (χ3v) is 3.55. The maximum absolute atomic E-state index is 12.4. The predicted octanol–water partition coefficient (Wildman–Crippen LogP) is 3.38. The summed E-state index contributed by atoms with van der Waals surface area (Å²) < 4.78 is 0. The lowest BCUT2D eigenvalue weighted by Gasteiger charge is -2.17. The fourth-order valence-corrected chi connectivity index (χ4v) is 2.32. The number of benzene rings is 2. The number of rotatable bonds is 6. The van der Waals surface area contributed by atoms with Crippen LogP contribution in [0.25, 0.3) is 0 Å². The van der Waals surface area contributed by atoms with Gasteiger partial charge in [0.2, 0.25) is 0 Å². The zero-order valence-electron chi connectivity index (χ0n) is 12.8. The number of carbonyl (C=O) groups is 1. The lowest BCUT2D eigenvalue weighted by Crippen LogP contribution is -2.28. The topological polar surface area (TPSA) is 115 Å². The third kappa shape index (κ3) is 3.72. The summed E-state index contributed by atoms with van der Waals surface area (Å²) >= 11 is 0. The summed E-state index contributed by atoms with van der Waals surface area (Å²) in [4.78, 5) is 32.7. The molecular formula is C16H15N3O5. The average molecular weight is 329 g/mol. The molecule has 1 N–H and O–H groups in total. The van der Waals surface area contributed by atoms with Gasteiger partial charge in [-0.2, -0.15) is 0 Å². The molecule has 8 nitrogen and oxygen atoms in total. The Morgan fingerprint density at radius 2 is 1.75 bits per heavy atom. The minimum absolute atomic E-state index is 0.208. The van der Waals surface area contributed by atoms with E-state index in [2.05, 4.69) is 5.32 Å². The summed E-state index contributed by atoms with van der Waals surface area (Å²) in [5, 5.41) is 24.6. The van der Waals surface area contributed by atoms with Crippen molar-refractivity contribution in [2.24, 2.45) is 0 Å². The minimum atomic E-state index is -0.800. The van der Waals surface area contributed by atoms with Crippen LogP contribution in [0.15, 0.2) is 48.5 Å². The van der Waals surface area contributed by atoms with Gasteiger partial charge in [-0.25, -0.2) is 0 Å². The highest BCUT2D eigenvalue weighted by Crippen LogP contribution is 2.26. The van der Waals surface area contributed by atoms with E-state index in [0.29, 0.717) is 6.42 Å². The normalized spacial score (nSPS) is 11.5. The molecule has 1 atom stereocenters. The lowest BCUT2D eigenvalue weighted by atomic mass is 10.0. The van der Waals surface area contributed by atoms with Gasteiger partial charge < -0.3 is 5.32 Å². The number of nitro benzene ring substituents is 2. The van der Waals surface area contributed by atoms with E-state index in [1.807, 2.05) is 37.3 Å². The predicted molar refractivity (Wildman–Crippen MR) is 86.7 cm³/mol. The van der Waals surface area contributed by atoms with Crippen LogP contribution in [0.4, 0.5) is 11.4 Å². The minimum Gasteiger partial charge on any atom is -0.345 e. The molecule has 0 bridgehead atoms. The molecule has 8 heteroatoms. The Bertz CT molecular complexity index is 777. The van der Waals surface area contributed by atoms with Gasteiger partial charge in [0, 0.05) is 6.07 Å². The van der Waals surface area contributed by atoms with Crippen LogP contribution in [0, 0.1) is 20.2 Å². The molecule has 24 heavy (non-hydrogen) atoms. The van der Waals surface area contributed by atoms with Crippen LogP contribution in [0.5, 0.6) is 0 Å². The third-order valence-electron chi connectivity index (χ3n) is 3.55. The molecule has 0 saturated heterocycles. The summed E-state index contributed by atoms with van der Waals surface area (Å²) in [6.45, 7) is 1.88. The Morgan fingerprint density at radius 3 is 2.29 bits per heavy atom. The van der Waals surface area contributed by atoms with E-state index in [0.717, 1.165) is 23.8 Å². The second-order valence-corrected chi connectivity index (χ2v) is 5.06. The van der Waals surface area contributed by atoms with Crippen LogP contribution in [0.3, 0.4) is 0 Å². The quantitative estimate of drug-likeness (QED) is 0.644. The Hall–Kier alpha value is -3.29. The monoisotopic (exact) mass is 329 g/mol.